The number of carbonyl (C=O) groups is 2. The van der Waals surface area contributed by atoms with Crippen molar-refractivity contribution in [3.05, 3.63) is 33.8 Å². The third-order valence-corrected chi connectivity index (χ3v) is 2.61. The molecule has 1 aliphatic heterocycles. The lowest BCUT2D eigenvalue weighted by molar-refractivity contribution is -0.120. The van der Waals surface area contributed by atoms with Crippen molar-refractivity contribution in [2.75, 3.05) is 0 Å². The van der Waals surface area contributed by atoms with E-state index in [0.717, 1.165) is 0 Å². The van der Waals surface area contributed by atoms with Crippen molar-refractivity contribution in [3.8, 4) is 0 Å². The van der Waals surface area contributed by atoms with E-state index in [2.05, 4.69) is 10.6 Å². The number of hydrogen-bond acceptors (Lipinski definition) is 2. The van der Waals surface area contributed by atoms with E-state index in [1.807, 2.05) is 0 Å². The third kappa shape index (κ3) is 1.91. The first-order valence-corrected chi connectivity index (χ1v) is 4.90. The Hall–Kier alpha value is -1.26. The summed E-state index contributed by atoms with van der Waals surface area (Å²) in [7, 11) is 0. The Morgan fingerprint density at radius 2 is 1.93 bits per heavy atom. The average molecular weight is 245 g/mol. The molecule has 0 saturated carbocycles. The molecule has 4 nitrogen and oxygen atoms in total. The molecule has 0 unspecified atom stereocenters. The van der Waals surface area contributed by atoms with Gasteiger partial charge in [0, 0.05) is 15.6 Å². The fourth-order valence-corrected chi connectivity index (χ4v) is 1.89. The van der Waals surface area contributed by atoms with Crippen LogP contribution in [-0.4, -0.2) is 11.9 Å². The SMILES string of the molecule is O=C1NC(=O)[C@H](c2ccc(Cl)cc2Cl)N1. The zero-order valence-corrected chi connectivity index (χ0v) is 8.89. The van der Waals surface area contributed by atoms with Gasteiger partial charge in [-0.25, -0.2) is 4.79 Å². The molecule has 0 radical (unpaired) electrons. The van der Waals surface area contributed by atoms with Gasteiger partial charge in [0.25, 0.3) is 5.91 Å². The van der Waals surface area contributed by atoms with Crippen LogP contribution in [0.2, 0.25) is 10.0 Å². The number of rotatable bonds is 1. The molecule has 0 aromatic heterocycles. The molecule has 0 aliphatic carbocycles. The maximum atomic E-state index is 11.3. The van der Waals surface area contributed by atoms with Crippen LogP contribution >= 0.6 is 23.2 Å². The quantitative estimate of drug-likeness (QED) is 0.742. The Balaban J connectivity index is 2.38. The summed E-state index contributed by atoms with van der Waals surface area (Å²) in [5, 5.41) is 5.41. The van der Waals surface area contributed by atoms with Crippen LogP contribution in [0, 0.1) is 0 Å². The second kappa shape index (κ2) is 3.72. The molecule has 1 heterocycles. The van der Waals surface area contributed by atoms with Crippen LogP contribution in [0.15, 0.2) is 18.2 Å². The van der Waals surface area contributed by atoms with Gasteiger partial charge < -0.3 is 5.32 Å². The maximum absolute atomic E-state index is 11.3. The molecule has 3 amide bonds. The van der Waals surface area contributed by atoms with E-state index in [9.17, 15) is 9.59 Å². The van der Waals surface area contributed by atoms with Crippen molar-refractivity contribution in [3.63, 3.8) is 0 Å². The first-order valence-electron chi connectivity index (χ1n) is 4.14. The van der Waals surface area contributed by atoms with Crippen molar-refractivity contribution < 1.29 is 9.59 Å². The van der Waals surface area contributed by atoms with Gasteiger partial charge in [-0.15, -0.1) is 0 Å². The van der Waals surface area contributed by atoms with E-state index in [1.54, 1.807) is 12.1 Å². The van der Waals surface area contributed by atoms with E-state index in [1.165, 1.54) is 6.07 Å². The third-order valence-electron chi connectivity index (χ3n) is 2.05. The van der Waals surface area contributed by atoms with Crippen LogP contribution in [-0.2, 0) is 4.79 Å². The molecule has 1 fully saturated rings. The highest BCUT2D eigenvalue weighted by atomic mass is 35.5. The van der Waals surface area contributed by atoms with Crippen LogP contribution in [0.5, 0.6) is 0 Å². The number of carbonyl (C=O) groups excluding carboxylic acids is 2. The molecule has 2 rings (SSSR count). The van der Waals surface area contributed by atoms with Crippen molar-refractivity contribution in [2.45, 2.75) is 6.04 Å². The largest absolute Gasteiger partial charge is 0.322 e. The molecule has 6 heteroatoms. The Bertz CT molecular complexity index is 448. The summed E-state index contributed by atoms with van der Waals surface area (Å²) in [5.74, 6) is -0.413. The summed E-state index contributed by atoms with van der Waals surface area (Å²) in [6.45, 7) is 0. The molecule has 15 heavy (non-hydrogen) atoms. The minimum atomic E-state index is -0.734. The number of hydrogen-bond donors (Lipinski definition) is 2. The summed E-state index contributed by atoms with van der Waals surface area (Å²) in [5.41, 5.74) is 0.532. The van der Waals surface area contributed by atoms with Gasteiger partial charge in [-0.2, -0.15) is 0 Å². The average Bonchev–Trinajstić information content (AvgIpc) is 2.45. The molecule has 0 spiro atoms. The number of halogens is 2. The molecule has 1 aromatic carbocycles. The normalized spacial score (nSPS) is 20.0. The minimum absolute atomic E-state index is 0.352. The van der Waals surface area contributed by atoms with Gasteiger partial charge >= 0.3 is 6.03 Å². The van der Waals surface area contributed by atoms with Crippen LogP contribution in [0.25, 0.3) is 0 Å². The van der Waals surface area contributed by atoms with Crippen LogP contribution in [0.4, 0.5) is 4.79 Å². The number of amides is 3. The highest BCUT2D eigenvalue weighted by Crippen LogP contribution is 2.27. The van der Waals surface area contributed by atoms with Crippen molar-refractivity contribution >= 4 is 35.1 Å². The topological polar surface area (TPSA) is 58.2 Å². The first-order chi connectivity index (χ1) is 7.08. The van der Waals surface area contributed by atoms with Crippen molar-refractivity contribution in [1.29, 1.82) is 0 Å². The summed E-state index contributed by atoms with van der Waals surface area (Å²) in [6.07, 6.45) is 0. The van der Waals surface area contributed by atoms with Gasteiger partial charge in [-0.05, 0) is 12.1 Å². The van der Waals surface area contributed by atoms with E-state index in [4.69, 9.17) is 23.2 Å². The maximum Gasteiger partial charge on any atom is 0.322 e. The van der Waals surface area contributed by atoms with Gasteiger partial charge in [0.1, 0.15) is 6.04 Å². The number of urea groups is 1. The minimum Gasteiger partial charge on any atom is -0.322 e. The zero-order valence-electron chi connectivity index (χ0n) is 7.38. The lowest BCUT2D eigenvalue weighted by Gasteiger charge is -2.09. The molecule has 1 aromatic rings. The van der Waals surface area contributed by atoms with Crippen LogP contribution < -0.4 is 10.6 Å². The van der Waals surface area contributed by atoms with Gasteiger partial charge in [0.05, 0.1) is 0 Å². The predicted octanol–water partition coefficient (Wildman–Crippen LogP) is 1.87. The van der Waals surface area contributed by atoms with Gasteiger partial charge in [-0.1, -0.05) is 29.3 Å². The Morgan fingerprint density at radius 1 is 1.20 bits per heavy atom. The van der Waals surface area contributed by atoms with E-state index in [-0.39, 0.29) is 0 Å². The molecule has 1 aliphatic rings. The fraction of sp³-hybridized carbons (Fsp3) is 0.111. The molecular weight excluding hydrogens is 239 g/mol. The molecule has 1 atom stereocenters. The molecule has 78 valence electrons. The predicted molar refractivity (Wildman–Crippen MR) is 55.9 cm³/mol. The molecule has 0 bridgehead atoms. The van der Waals surface area contributed by atoms with Gasteiger partial charge in [0.15, 0.2) is 0 Å². The van der Waals surface area contributed by atoms with Gasteiger partial charge in [0.2, 0.25) is 0 Å². The summed E-state index contributed by atoms with van der Waals surface area (Å²) < 4.78 is 0. The van der Waals surface area contributed by atoms with Crippen LogP contribution in [0.1, 0.15) is 11.6 Å². The number of nitrogens with one attached hydrogen (secondary N) is 2. The second-order valence-corrected chi connectivity index (χ2v) is 3.91. The number of benzene rings is 1. The molecule has 1 saturated heterocycles. The highest BCUT2D eigenvalue weighted by molar-refractivity contribution is 6.35. The van der Waals surface area contributed by atoms with Crippen molar-refractivity contribution in [2.24, 2.45) is 0 Å². The summed E-state index contributed by atoms with van der Waals surface area (Å²) in [6, 6.07) is 3.50. The molecular formula is C9H6Cl2N2O2. The van der Waals surface area contributed by atoms with Gasteiger partial charge in [-0.3, -0.25) is 10.1 Å². The Kier molecular flexibility index (Phi) is 2.54. The zero-order chi connectivity index (χ0) is 11.0. The smallest absolute Gasteiger partial charge is 0.322 e. The lowest BCUT2D eigenvalue weighted by atomic mass is 10.1. The second-order valence-electron chi connectivity index (χ2n) is 3.06. The van der Waals surface area contributed by atoms with Crippen LogP contribution in [0.3, 0.4) is 0 Å². The monoisotopic (exact) mass is 244 g/mol. The molecule has 2 N–H and O–H groups in total. The van der Waals surface area contributed by atoms with E-state index in [0.29, 0.717) is 15.6 Å². The summed E-state index contributed by atoms with van der Waals surface area (Å²) in [4.78, 5) is 22.2. The van der Waals surface area contributed by atoms with E-state index < -0.39 is 18.0 Å². The highest BCUT2D eigenvalue weighted by Gasteiger charge is 2.32. The van der Waals surface area contributed by atoms with Crippen molar-refractivity contribution in [1.82, 2.24) is 10.6 Å². The van der Waals surface area contributed by atoms with E-state index >= 15 is 0 Å². The fourth-order valence-electron chi connectivity index (χ4n) is 1.37. The Labute approximate surface area is 95.5 Å². The standard InChI is InChI=1S/C9H6Cl2N2O2/c10-4-1-2-5(6(11)3-4)7-8(14)13-9(15)12-7/h1-3,7H,(H2,12,13,14,15)/t7-/m0/s1. The lowest BCUT2D eigenvalue weighted by Crippen LogP contribution is -2.22. The summed E-state index contributed by atoms with van der Waals surface area (Å²) >= 11 is 11.6. The first kappa shape index (κ1) is 10.3. The Morgan fingerprint density at radius 3 is 2.47 bits per heavy atom. The number of imide groups is 1.